The Morgan fingerprint density at radius 1 is 0.568 bits per heavy atom. The Morgan fingerprint density at radius 2 is 1.07 bits per heavy atom. The van der Waals surface area contributed by atoms with Gasteiger partial charge in [0, 0.05) is 20.9 Å². The van der Waals surface area contributed by atoms with Crippen molar-refractivity contribution < 1.29 is 4.39 Å². The fourth-order valence-corrected chi connectivity index (χ4v) is 6.46. The number of nitrogens with one attached hydrogen (secondary N) is 2. The number of hydrogen-bond donors (Lipinski definition) is 4. The molecule has 0 radical (unpaired) electrons. The van der Waals surface area contributed by atoms with Crippen LogP contribution in [-0.2, 0) is 0 Å². The lowest BCUT2D eigenvalue weighted by atomic mass is 10.1. The minimum atomic E-state index is -0.393. The molecule has 13 heteroatoms. The molecule has 2 aromatic heterocycles. The molecule has 2 heterocycles. The first-order valence-electron chi connectivity index (χ1n) is 13.3. The largest absolute Gasteiger partial charge is 0.368 e. The highest BCUT2D eigenvalue weighted by atomic mass is 33.1. The van der Waals surface area contributed by atoms with Gasteiger partial charge in [-0.3, -0.25) is 0 Å². The van der Waals surface area contributed by atoms with Crippen LogP contribution in [0, 0.1) is 12.7 Å². The monoisotopic (exact) mass is 620 g/mol. The number of anilines is 6. The molecule has 0 aliphatic carbocycles. The molecule has 6 aromatic rings. The normalized spacial score (nSPS) is 10.9. The van der Waals surface area contributed by atoms with Gasteiger partial charge < -0.3 is 22.1 Å². The second-order valence-electron chi connectivity index (χ2n) is 9.47. The number of nitrogens with two attached hydrogens (primary N) is 2. The molecule has 0 unspecified atom stereocenters. The highest BCUT2D eigenvalue weighted by Crippen LogP contribution is 2.44. The van der Waals surface area contributed by atoms with Crippen molar-refractivity contribution in [3.05, 3.63) is 108 Å². The van der Waals surface area contributed by atoms with E-state index in [0.717, 1.165) is 32.3 Å². The van der Waals surface area contributed by atoms with Gasteiger partial charge in [0.25, 0.3) is 0 Å². The Bertz CT molecular complexity index is 1820. The summed E-state index contributed by atoms with van der Waals surface area (Å²) >= 11 is 0. The molecule has 218 valence electrons. The van der Waals surface area contributed by atoms with Gasteiger partial charge in [0.15, 0.2) is 11.6 Å². The number of aromatic nitrogens is 6. The third-order valence-corrected chi connectivity index (χ3v) is 8.63. The number of aryl methyl sites for hydroxylation is 1. The van der Waals surface area contributed by atoms with Crippen LogP contribution in [0.5, 0.6) is 0 Å². The summed E-state index contributed by atoms with van der Waals surface area (Å²) in [4.78, 5) is 28.0. The van der Waals surface area contributed by atoms with Crippen molar-refractivity contribution in [2.45, 2.75) is 16.7 Å². The van der Waals surface area contributed by atoms with E-state index in [9.17, 15) is 4.39 Å². The fourth-order valence-electron chi connectivity index (χ4n) is 4.18. The zero-order valence-electron chi connectivity index (χ0n) is 23.3. The molecule has 0 aliphatic rings. The predicted molar refractivity (Wildman–Crippen MR) is 175 cm³/mol. The Labute approximate surface area is 260 Å². The van der Waals surface area contributed by atoms with Gasteiger partial charge in [0.05, 0.1) is 11.4 Å². The summed E-state index contributed by atoms with van der Waals surface area (Å²) in [5.74, 6) is 1.09. The van der Waals surface area contributed by atoms with Crippen molar-refractivity contribution in [3.63, 3.8) is 0 Å². The predicted octanol–water partition coefficient (Wildman–Crippen LogP) is 7.29. The summed E-state index contributed by atoms with van der Waals surface area (Å²) in [7, 11) is 3.09. The quantitative estimate of drug-likeness (QED) is 0.120. The van der Waals surface area contributed by atoms with Crippen molar-refractivity contribution in [1.82, 2.24) is 29.9 Å². The maximum atomic E-state index is 13.8. The van der Waals surface area contributed by atoms with Gasteiger partial charge in [0.1, 0.15) is 5.82 Å². The Morgan fingerprint density at radius 3 is 1.59 bits per heavy atom. The highest BCUT2D eigenvalue weighted by Gasteiger charge is 2.13. The summed E-state index contributed by atoms with van der Waals surface area (Å²) in [5, 5.41) is 6.54. The zero-order chi connectivity index (χ0) is 30.5. The van der Waals surface area contributed by atoms with Crippen LogP contribution in [0.25, 0.3) is 22.8 Å². The molecule has 0 aliphatic heterocycles. The Balaban J connectivity index is 1.21. The van der Waals surface area contributed by atoms with Gasteiger partial charge in [-0.25, -0.2) is 4.39 Å². The van der Waals surface area contributed by atoms with E-state index >= 15 is 0 Å². The third kappa shape index (κ3) is 7.02. The van der Waals surface area contributed by atoms with Crippen LogP contribution in [0.3, 0.4) is 0 Å². The van der Waals surface area contributed by atoms with Gasteiger partial charge in [-0.2, -0.15) is 29.9 Å². The second kappa shape index (κ2) is 12.9. The summed E-state index contributed by atoms with van der Waals surface area (Å²) in [5.41, 5.74) is 16.0. The molecular formula is C31H25FN10S2. The third-order valence-electron chi connectivity index (χ3n) is 6.15. The second-order valence-corrected chi connectivity index (χ2v) is 11.7. The zero-order valence-corrected chi connectivity index (χ0v) is 24.9. The Hall–Kier alpha value is -5.27. The average molecular weight is 621 g/mol. The van der Waals surface area contributed by atoms with Crippen molar-refractivity contribution in [2.24, 2.45) is 0 Å². The number of nitrogens with zero attached hydrogens (tertiary/aromatic N) is 6. The molecule has 6 N–H and O–H groups in total. The molecular weight excluding hydrogens is 596 g/mol. The van der Waals surface area contributed by atoms with E-state index in [2.05, 4.69) is 40.5 Å². The molecule has 0 spiro atoms. The Kier molecular flexibility index (Phi) is 8.48. The lowest BCUT2D eigenvalue weighted by Gasteiger charge is -2.13. The van der Waals surface area contributed by atoms with Crippen LogP contribution in [0.1, 0.15) is 5.56 Å². The van der Waals surface area contributed by atoms with E-state index in [-0.39, 0.29) is 23.7 Å². The summed E-state index contributed by atoms with van der Waals surface area (Å²) in [6, 6.07) is 29.5. The van der Waals surface area contributed by atoms with Crippen LogP contribution in [0.4, 0.5) is 39.6 Å². The smallest absolute Gasteiger partial charge is 0.232 e. The lowest BCUT2D eigenvalue weighted by molar-refractivity contribution is 0.628. The van der Waals surface area contributed by atoms with Crippen molar-refractivity contribution in [3.8, 4) is 22.8 Å². The maximum absolute atomic E-state index is 13.8. The summed E-state index contributed by atoms with van der Waals surface area (Å²) < 4.78 is 13.8. The van der Waals surface area contributed by atoms with Gasteiger partial charge in [0.2, 0.25) is 23.8 Å². The SMILES string of the molecule is Cc1cccc(-c2nc(N)nc(Nc3ccccc3SSc3ccccc3Nc3nc(N)nc(-c4cccc(F)c4)n3)n2)c1. The molecule has 0 bridgehead atoms. The molecule has 10 nitrogen and oxygen atoms in total. The summed E-state index contributed by atoms with van der Waals surface area (Å²) in [6.07, 6.45) is 0. The lowest BCUT2D eigenvalue weighted by Crippen LogP contribution is -2.05. The summed E-state index contributed by atoms with van der Waals surface area (Å²) in [6.45, 7) is 2.01. The molecule has 4 aromatic carbocycles. The molecule has 0 amide bonds. The standard InChI is InChI=1S/C31H25FN10S2/c1-18-8-6-9-19(16-18)26-37-28(33)41-30(39-26)35-22-12-2-4-14-24(22)43-44-25-15-5-3-13-23(25)36-31-40-27(38-29(34)42-31)20-10-7-11-21(32)17-20/h2-17H,1H3,(H3,33,35,37,39,41)(H3,34,36,38,40,42). The fraction of sp³-hybridized carbons (Fsp3) is 0.0323. The minimum Gasteiger partial charge on any atom is -0.368 e. The number of hydrogen-bond acceptors (Lipinski definition) is 12. The van der Waals surface area contributed by atoms with E-state index < -0.39 is 5.82 Å². The highest BCUT2D eigenvalue weighted by molar-refractivity contribution is 8.76. The maximum Gasteiger partial charge on any atom is 0.232 e. The van der Waals surface area contributed by atoms with Crippen molar-refractivity contribution in [2.75, 3.05) is 22.1 Å². The number of para-hydroxylation sites is 2. The molecule has 6 rings (SSSR count). The molecule has 0 atom stereocenters. The number of benzene rings is 4. The van der Waals surface area contributed by atoms with Crippen LogP contribution in [-0.4, -0.2) is 29.9 Å². The van der Waals surface area contributed by atoms with E-state index in [1.54, 1.807) is 22.9 Å². The van der Waals surface area contributed by atoms with Crippen LogP contribution >= 0.6 is 21.6 Å². The van der Waals surface area contributed by atoms with E-state index in [1.807, 2.05) is 79.7 Å². The average Bonchev–Trinajstić information content (AvgIpc) is 3.01. The van der Waals surface area contributed by atoms with Gasteiger partial charge in [-0.15, -0.1) is 0 Å². The molecule has 0 fully saturated rings. The van der Waals surface area contributed by atoms with E-state index in [0.29, 0.717) is 17.3 Å². The number of halogens is 1. The van der Waals surface area contributed by atoms with Crippen molar-refractivity contribution in [1.29, 1.82) is 0 Å². The first-order chi connectivity index (χ1) is 21.4. The van der Waals surface area contributed by atoms with Crippen molar-refractivity contribution >= 4 is 56.8 Å². The van der Waals surface area contributed by atoms with Gasteiger partial charge in [-0.05, 0) is 49.4 Å². The number of rotatable bonds is 9. The van der Waals surface area contributed by atoms with Crippen LogP contribution in [0.15, 0.2) is 107 Å². The van der Waals surface area contributed by atoms with Crippen LogP contribution in [0.2, 0.25) is 0 Å². The first kappa shape index (κ1) is 28.8. The van der Waals surface area contributed by atoms with Gasteiger partial charge >= 0.3 is 0 Å². The molecule has 0 saturated carbocycles. The molecule has 44 heavy (non-hydrogen) atoms. The van der Waals surface area contributed by atoms with E-state index in [4.69, 9.17) is 11.5 Å². The first-order valence-corrected chi connectivity index (χ1v) is 15.5. The molecule has 0 saturated heterocycles. The van der Waals surface area contributed by atoms with E-state index in [1.165, 1.54) is 22.9 Å². The van der Waals surface area contributed by atoms with Crippen LogP contribution < -0.4 is 22.1 Å². The number of nitrogen functional groups attached to an aromatic ring is 2. The van der Waals surface area contributed by atoms with Gasteiger partial charge in [-0.1, -0.05) is 81.7 Å². The topological polar surface area (TPSA) is 153 Å². The minimum absolute atomic E-state index is 0.0193.